The Morgan fingerprint density at radius 1 is 1.58 bits per heavy atom. The van der Waals surface area contributed by atoms with E-state index in [-0.39, 0.29) is 12.1 Å². The molecule has 0 aliphatic heterocycles. The molecule has 1 heterocycles. The first-order chi connectivity index (χ1) is 9.04. The second-order valence-corrected chi connectivity index (χ2v) is 3.83. The number of hydrogen-bond acceptors (Lipinski definition) is 5. The van der Waals surface area contributed by atoms with Gasteiger partial charge in [-0.25, -0.2) is 4.79 Å². The number of nitro benzene ring substituents is 1. The van der Waals surface area contributed by atoms with Gasteiger partial charge in [-0.1, -0.05) is 6.07 Å². The second kappa shape index (κ2) is 4.78. The van der Waals surface area contributed by atoms with E-state index in [9.17, 15) is 14.9 Å². The Labute approximate surface area is 107 Å². The fourth-order valence-corrected chi connectivity index (χ4v) is 1.90. The molecule has 0 aliphatic rings. The van der Waals surface area contributed by atoms with Crippen LogP contribution < -0.4 is 4.84 Å². The number of non-ortho nitro benzene ring substituents is 1. The molecule has 96 valence electrons. The zero-order valence-corrected chi connectivity index (χ0v) is 9.99. The molecule has 0 aliphatic carbocycles. The maximum Gasteiger partial charge on any atom is 0.329 e. The van der Waals surface area contributed by atoms with E-state index in [1.54, 1.807) is 6.07 Å². The van der Waals surface area contributed by atoms with Crippen LogP contribution in [0.25, 0.3) is 10.9 Å². The molecule has 1 aromatic heterocycles. The fraction of sp³-hybridized carbons (Fsp3) is 0.167. The molecule has 0 spiro atoms. The third-order valence-electron chi connectivity index (χ3n) is 2.55. The molecule has 0 amide bonds. The zero-order chi connectivity index (χ0) is 14.0. The van der Waals surface area contributed by atoms with Crippen LogP contribution in [0.1, 0.15) is 12.5 Å². The van der Waals surface area contributed by atoms with E-state index in [1.807, 2.05) is 6.07 Å². The van der Waals surface area contributed by atoms with E-state index in [0.717, 1.165) is 4.73 Å². The van der Waals surface area contributed by atoms with Crippen LogP contribution in [0.2, 0.25) is 0 Å². The third kappa shape index (κ3) is 2.24. The molecule has 0 radical (unpaired) electrons. The highest BCUT2D eigenvalue weighted by atomic mass is 16.7. The summed E-state index contributed by atoms with van der Waals surface area (Å²) in [5.41, 5.74) is 0.717. The number of nitriles is 1. The molecular formula is C12H9N3O4. The van der Waals surface area contributed by atoms with Crippen LogP contribution in [0, 0.1) is 21.4 Å². The average Bonchev–Trinajstić information content (AvgIpc) is 2.67. The van der Waals surface area contributed by atoms with E-state index in [2.05, 4.69) is 0 Å². The van der Waals surface area contributed by atoms with E-state index in [4.69, 9.17) is 10.1 Å². The summed E-state index contributed by atoms with van der Waals surface area (Å²) >= 11 is 0. The van der Waals surface area contributed by atoms with Gasteiger partial charge in [-0.3, -0.25) is 10.1 Å². The Balaban J connectivity index is 2.75. The predicted molar refractivity (Wildman–Crippen MR) is 65.2 cm³/mol. The number of carbonyl (C=O) groups excluding carboxylic acids is 1. The van der Waals surface area contributed by atoms with Gasteiger partial charge in [0.25, 0.3) is 5.69 Å². The third-order valence-corrected chi connectivity index (χ3v) is 2.55. The highest BCUT2D eigenvalue weighted by Gasteiger charge is 2.20. The minimum absolute atomic E-state index is 0.00435. The normalized spacial score (nSPS) is 10.1. The van der Waals surface area contributed by atoms with Crippen LogP contribution in [-0.4, -0.2) is 15.6 Å². The molecule has 2 rings (SSSR count). The molecule has 0 unspecified atom stereocenters. The van der Waals surface area contributed by atoms with E-state index in [0.29, 0.717) is 16.5 Å². The first-order valence-corrected chi connectivity index (χ1v) is 5.37. The number of nitrogens with zero attached hydrogens (tertiary/aromatic N) is 3. The van der Waals surface area contributed by atoms with Gasteiger partial charge in [-0.15, -0.1) is 0 Å². The molecule has 7 heteroatoms. The molecular weight excluding hydrogens is 250 g/mol. The Bertz CT molecular complexity index is 712. The van der Waals surface area contributed by atoms with Crippen LogP contribution in [-0.2, 0) is 11.2 Å². The molecule has 0 N–H and O–H groups in total. The van der Waals surface area contributed by atoms with Crippen molar-refractivity contribution in [2.75, 3.05) is 0 Å². The van der Waals surface area contributed by atoms with Crippen molar-refractivity contribution in [3.05, 3.63) is 40.1 Å². The first-order valence-electron chi connectivity index (χ1n) is 5.37. The van der Waals surface area contributed by atoms with Crippen molar-refractivity contribution in [1.29, 1.82) is 5.26 Å². The number of benzene rings is 1. The van der Waals surface area contributed by atoms with Gasteiger partial charge in [0.05, 0.1) is 34.5 Å². The smallest absolute Gasteiger partial charge is 0.329 e. The maximum absolute atomic E-state index is 11.0. The molecule has 0 bridgehead atoms. The van der Waals surface area contributed by atoms with Crippen molar-refractivity contribution in [3.63, 3.8) is 0 Å². The number of aromatic nitrogens is 1. The summed E-state index contributed by atoms with van der Waals surface area (Å²) in [7, 11) is 0. The number of fused-ring (bicyclic) bond motifs is 1. The van der Waals surface area contributed by atoms with Crippen LogP contribution in [0.3, 0.4) is 0 Å². The summed E-state index contributed by atoms with van der Waals surface area (Å²) in [4.78, 5) is 26.4. The summed E-state index contributed by atoms with van der Waals surface area (Å²) < 4.78 is 1.15. The van der Waals surface area contributed by atoms with Crippen LogP contribution in [0.5, 0.6) is 0 Å². The topological polar surface area (TPSA) is 98.2 Å². The Hall–Kier alpha value is -2.88. The SMILES string of the molecule is CC(=O)On1cc(CC#N)c2c([N+](=O)[O-])cccc21. The molecule has 0 fully saturated rings. The maximum atomic E-state index is 11.0. The van der Waals surface area contributed by atoms with Crippen LogP contribution in [0.4, 0.5) is 5.69 Å². The van der Waals surface area contributed by atoms with Crippen molar-refractivity contribution in [2.45, 2.75) is 13.3 Å². The van der Waals surface area contributed by atoms with Gasteiger partial charge < -0.3 is 4.84 Å². The van der Waals surface area contributed by atoms with Crippen molar-refractivity contribution < 1.29 is 14.6 Å². The zero-order valence-electron chi connectivity index (χ0n) is 9.99. The lowest BCUT2D eigenvalue weighted by molar-refractivity contribution is -0.383. The monoisotopic (exact) mass is 259 g/mol. The largest absolute Gasteiger partial charge is 0.337 e. The lowest BCUT2D eigenvalue weighted by Gasteiger charge is -2.02. The van der Waals surface area contributed by atoms with Gasteiger partial charge in [-0.2, -0.15) is 9.99 Å². The van der Waals surface area contributed by atoms with Gasteiger partial charge >= 0.3 is 5.97 Å². The number of nitro groups is 1. The second-order valence-electron chi connectivity index (χ2n) is 3.83. The summed E-state index contributed by atoms with van der Waals surface area (Å²) in [5.74, 6) is -0.549. The number of rotatable bonds is 3. The quantitative estimate of drug-likeness (QED) is 0.615. The first kappa shape index (κ1) is 12.6. The van der Waals surface area contributed by atoms with Gasteiger partial charge in [0.15, 0.2) is 0 Å². The molecule has 7 nitrogen and oxygen atoms in total. The number of carbonyl (C=O) groups is 1. The van der Waals surface area contributed by atoms with Crippen molar-refractivity contribution >= 4 is 22.6 Å². The summed E-state index contributed by atoms with van der Waals surface area (Å²) in [5, 5.41) is 20.1. The molecule has 1 aromatic carbocycles. The van der Waals surface area contributed by atoms with E-state index in [1.165, 1.54) is 25.3 Å². The van der Waals surface area contributed by atoms with Gasteiger partial charge in [0.2, 0.25) is 0 Å². The van der Waals surface area contributed by atoms with Gasteiger partial charge in [0, 0.05) is 18.6 Å². The lowest BCUT2D eigenvalue weighted by Crippen LogP contribution is -2.15. The standard InChI is InChI=1S/C12H9N3O4/c1-8(16)19-14-7-9(5-6-13)12-10(14)3-2-4-11(12)15(17)18/h2-4,7H,5H2,1H3. The summed E-state index contributed by atoms with van der Waals surface area (Å²) in [6.45, 7) is 1.23. The van der Waals surface area contributed by atoms with Crippen molar-refractivity contribution in [3.8, 4) is 6.07 Å². The van der Waals surface area contributed by atoms with Crippen molar-refractivity contribution in [1.82, 2.24) is 4.73 Å². The fourth-order valence-electron chi connectivity index (χ4n) is 1.90. The minimum atomic E-state index is -0.549. The Kier molecular flexibility index (Phi) is 3.16. The summed E-state index contributed by atoms with van der Waals surface area (Å²) in [6.07, 6.45) is 1.41. The van der Waals surface area contributed by atoms with Gasteiger partial charge in [0.1, 0.15) is 0 Å². The van der Waals surface area contributed by atoms with Crippen LogP contribution >= 0.6 is 0 Å². The van der Waals surface area contributed by atoms with Crippen molar-refractivity contribution in [2.24, 2.45) is 0 Å². The Morgan fingerprint density at radius 3 is 2.89 bits per heavy atom. The average molecular weight is 259 g/mol. The van der Waals surface area contributed by atoms with Crippen LogP contribution in [0.15, 0.2) is 24.4 Å². The van der Waals surface area contributed by atoms with E-state index < -0.39 is 10.9 Å². The van der Waals surface area contributed by atoms with Gasteiger partial charge in [-0.05, 0) is 6.07 Å². The molecule has 0 atom stereocenters. The predicted octanol–water partition coefficient (Wildman–Crippen LogP) is 1.59. The highest BCUT2D eigenvalue weighted by Crippen LogP contribution is 2.30. The lowest BCUT2D eigenvalue weighted by atomic mass is 10.1. The Morgan fingerprint density at radius 2 is 2.32 bits per heavy atom. The molecule has 0 saturated carbocycles. The summed E-state index contributed by atoms with van der Waals surface area (Å²) in [6, 6.07) is 6.37. The minimum Gasteiger partial charge on any atom is -0.337 e. The van der Waals surface area contributed by atoms with E-state index >= 15 is 0 Å². The molecule has 19 heavy (non-hydrogen) atoms. The molecule has 2 aromatic rings. The number of hydrogen-bond donors (Lipinski definition) is 0. The highest BCUT2D eigenvalue weighted by molar-refractivity contribution is 5.92. The molecule has 0 saturated heterocycles.